The second-order valence-electron chi connectivity index (χ2n) is 5.00. The van der Waals surface area contributed by atoms with Gasteiger partial charge in [0, 0.05) is 23.0 Å². The van der Waals surface area contributed by atoms with Crippen LogP contribution in [0.3, 0.4) is 0 Å². The summed E-state index contributed by atoms with van der Waals surface area (Å²) in [5.74, 6) is 1.04. The number of fused-ring (bicyclic) bond motifs is 1. The molecule has 3 rings (SSSR count). The zero-order valence-electron chi connectivity index (χ0n) is 10.4. The molecule has 0 amide bonds. The van der Waals surface area contributed by atoms with Crippen molar-refractivity contribution < 1.29 is 9.57 Å². The zero-order chi connectivity index (χ0) is 12.4. The van der Waals surface area contributed by atoms with Crippen LogP contribution in [0.25, 0.3) is 0 Å². The fourth-order valence-electron chi connectivity index (χ4n) is 2.72. The second kappa shape index (κ2) is 5.59. The normalized spacial score (nSPS) is 18.9. The summed E-state index contributed by atoms with van der Waals surface area (Å²) >= 11 is 3.55. The van der Waals surface area contributed by atoms with Crippen LogP contribution in [0, 0.1) is 0 Å². The first kappa shape index (κ1) is 12.5. The largest absolute Gasteiger partial charge is 0.493 e. The zero-order valence-corrected chi connectivity index (χ0v) is 12.0. The molecule has 0 spiro atoms. The molecule has 0 unspecified atom stereocenters. The molecule has 3 nitrogen and oxygen atoms in total. The van der Waals surface area contributed by atoms with Crippen LogP contribution in [-0.4, -0.2) is 12.7 Å². The number of benzene rings is 1. The monoisotopic (exact) mass is 311 g/mol. The van der Waals surface area contributed by atoms with Gasteiger partial charge in [-0.05, 0) is 30.5 Å². The summed E-state index contributed by atoms with van der Waals surface area (Å²) < 4.78 is 6.81. The predicted octanol–water partition coefficient (Wildman–Crippen LogP) is 3.35. The van der Waals surface area contributed by atoms with Crippen LogP contribution in [0.5, 0.6) is 5.75 Å². The number of hydroxylamine groups is 1. The van der Waals surface area contributed by atoms with Crippen molar-refractivity contribution in [3.05, 3.63) is 27.7 Å². The highest BCUT2D eigenvalue weighted by Crippen LogP contribution is 2.33. The molecular formula is C14H18BrNO2. The molecule has 1 aromatic carbocycles. The Morgan fingerprint density at radius 1 is 1.33 bits per heavy atom. The molecule has 1 N–H and O–H groups in total. The van der Waals surface area contributed by atoms with Crippen molar-refractivity contribution in [2.24, 2.45) is 0 Å². The third kappa shape index (κ3) is 2.71. The van der Waals surface area contributed by atoms with Gasteiger partial charge in [0.2, 0.25) is 0 Å². The molecule has 2 aliphatic rings. The Balaban J connectivity index is 1.61. The summed E-state index contributed by atoms with van der Waals surface area (Å²) in [5, 5.41) is 0. The van der Waals surface area contributed by atoms with Gasteiger partial charge in [0.1, 0.15) is 5.75 Å². The summed E-state index contributed by atoms with van der Waals surface area (Å²) in [7, 11) is 0. The number of ether oxygens (including phenoxy) is 1. The van der Waals surface area contributed by atoms with E-state index in [1.807, 2.05) is 0 Å². The Hall–Kier alpha value is -0.580. The maximum Gasteiger partial charge on any atom is 0.127 e. The summed E-state index contributed by atoms with van der Waals surface area (Å²) in [6.45, 7) is 1.50. The number of hydrogen-bond donors (Lipinski definition) is 1. The Labute approximate surface area is 116 Å². The Morgan fingerprint density at radius 2 is 2.17 bits per heavy atom. The Kier molecular flexibility index (Phi) is 3.87. The standard InChI is InChI=1S/C14H18BrNO2/c15-12-7-10-5-6-17-14(10)11(8-12)9-16-18-13-3-1-2-4-13/h7-8,13,16H,1-6,9H2. The minimum absolute atomic E-state index is 0.395. The number of halogens is 1. The lowest BCUT2D eigenvalue weighted by molar-refractivity contribution is -0.0246. The van der Waals surface area contributed by atoms with E-state index >= 15 is 0 Å². The van der Waals surface area contributed by atoms with Crippen molar-refractivity contribution in [3.63, 3.8) is 0 Å². The second-order valence-corrected chi connectivity index (χ2v) is 5.91. The molecule has 18 heavy (non-hydrogen) atoms. The number of hydrogen-bond acceptors (Lipinski definition) is 3. The van der Waals surface area contributed by atoms with Crippen LogP contribution >= 0.6 is 15.9 Å². The van der Waals surface area contributed by atoms with E-state index in [0.29, 0.717) is 12.6 Å². The molecule has 0 atom stereocenters. The van der Waals surface area contributed by atoms with Crippen molar-refractivity contribution in [2.75, 3.05) is 6.61 Å². The predicted molar refractivity (Wildman–Crippen MR) is 73.5 cm³/mol. The smallest absolute Gasteiger partial charge is 0.127 e. The molecule has 1 heterocycles. The molecule has 1 fully saturated rings. The van der Waals surface area contributed by atoms with Crippen molar-refractivity contribution in [1.82, 2.24) is 5.48 Å². The molecule has 1 aromatic rings. The van der Waals surface area contributed by atoms with Gasteiger partial charge in [-0.25, -0.2) is 0 Å². The summed E-state index contributed by atoms with van der Waals surface area (Å²) in [6, 6.07) is 4.25. The molecule has 0 bridgehead atoms. The molecular weight excluding hydrogens is 294 g/mol. The quantitative estimate of drug-likeness (QED) is 0.865. The van der Waals surface area contributed by atoms with Crippen molar-refractivity contribution in [3.8, 4) is 5.75 Å². The molecule has 0 saturated heterocycles. The summed E-state index contributed by atoms with van der Waals surface area (Å²) in [6.07, 6.45) is 6.35. The van der Waals surface area contributed by atoms with E-state index in [1.54, 1.807) is 0 Å². The number of rotatable bonds is 4. The fourth-order valence-corrected chi connectivity index (χ4v) is 3.27. The Morgan fingerprint density at radius 3 is 3.00 bits per heavy atom. The third-order valence-corrected chi connectivity index (χ3v) is 4.10. The lowest BCUT2D eigenvalue weighted by atomic mass is 10.1. The van der Waals surface area contributed by atoms with E-state index < -0.39 is 0 Å². The highest BCUT2D eigenvalue weighted by molar-refractivity contribution is 9.10. The molecule has 0 aromatic heterocycles. The highest BCUT2D eigenvalue weighted by atomic mass is 79.9. The van der Waals surface area contributed by atoms with Crippen LogP contribution in [0.4, 0.5) is 0 Å². The van der Waals surface area contributed by atoms with Crippen molar-refractivity contribution in [2.45, 2.75) is 44.8 Å². The highest BCUT2D eigenvalue weighted by Gasteiger charge is 2.19. The van der Waals surface area contributed by atoms with Crippen LogP contribution in [0.1, 0.15) is 36.8 Å². The van der Waals surface area contributed by atoms with Crippen LogP contribution < -0.4 is 10.2 Å². The summed E-state index contributed by atoms with van der Waals surface area (Å²) in [5.41, 5.74) is 5.57. The van der Waals surface area contributed by atoms with E-state index in [4.69, 9.17) is 9.57 Å². The molecule has 1 saturated carbocycles. The minimum Gasteiger partial charge on any atom is -0.493 e. The van der Waals surface area contributed by atoms with Gasteiger partial charge in [-0.15, -0.1) is 0 Å². The van der Waals surface area contributed by atoms with Crippen LogP contribution in [0.15, 0.2) is 16.6 Å². The van der Waals surface area contributed by atoms with Gasteiger partial charge in [0.25, 0.3) is 0 Å². The fraction of sp³-hybridized carbons (Fsp3) is 0.571. The van der Waals surface area contributed by atoms with Gasteiger partial charge in [-0.1, -0.05) is 28.8 Å². The van der Waals surface area contributed by atoms with Gasteiger partial charge in [-0.2, -0.15) is 5.48 Å². The van der Waals surface area contributed by atoms with E-state index in [0.717, 1.165) is 23.2 Å². The maximum absolute atomic E-state index is 5.69. The third-order valence-electron chi connectivity index (χ3n) is 3.64. The van der Waals surface area contributed by atoms with Gasteiger partial charge >= 0.3 is 0 Å². The molecule has 0 radical (unpaired) electrons. The van der Waals surface area contributed by atoms with Gasteiger partial charge in [0.05, 0.1) is 12.7 Å². The Bertz CT molecular complexity index is 430. The molecule has 4 heteroatoms. The average molecular weight is 312 g/mol. The average Bonchev–Trinajstić information content (AvgIpc) is 2.98. The molecule has 1 aliphatic heterocycles. The number of nitrogens with one attached hydrogen (secondary N) is 1. The first-order valence-corrected chi connectivity index (χ1v) is 7.45. The lowest BCUT2D eigenvalue weighted by Crippen LogP contribution is -2.21. The van der Waals surface area contributed by atoms with Gasteiger partial charge in [-0.3, -0.25) is 4.84 Å². The van der Waals surface area contributed by atoms with Crippen molar-refractivity contribution >= 4 is 15.9 Å². The van der Waals surface area contributed by atoms with Crippen LogP contribution in [0.2, 0.25) is 0 Å². The van der Waals surface area contributed by atoms with E-state index in [2.05, 4.69) is 33.5 Å². The molecule has 98 valence electrons. The van der Waals surface area contributed by atoms with Gasteiger partial charge in [0.15, 0.2) is 0 Å². The topological polar surface area (TPSA) is 30.5 Å². The van der Waals surface area contributed by atoms with Gasteiger partial charge < -0.3 is 4.74 Å². The minimum atomic E-state index is 0.395. The molecule has 1 aliphatic carbocycles. The first-order valence-electron chi connectivity index (χ1n) is 6.65. The van der Waals surface area contributed by atoms with Crippen LogP contribution in [-0.2, 0) is 17.8 Å². The maximum atomic E-state index is 5.69. The lowest BCUT2D eigenvalue weighted by Gasteiger charge is -2.13. The first-order chi connectivity index (χ1) is 8.83. The van der Waals surface area contributed by atoms with E-state index in [-0.39, 0.29) is 0 Å². The van der Waals surface area contributed by atoms with E-state index in [1.165, 1.54) is 36.8 Å². The summed E-state index contributed by atoms with van der Waals surface area (Å²) in [4.78, 5) is 5.69. The van der Waals surface area contributed by atoms with E-state index in [9.17, 15) is 0 Å². The van der Waals surface area contributed by atoms with Crippen molar-refractivity contribution in [1.29, 1.82) is 0 Å². The SMILES string of the molecule is Brc1cc2c(c(CNOC3CCCC3)c1)OCC2.